The highest BCUT2D eigenvalue weighted by Gasteiger charge is 2.00. The van der Waals surface area contributed by atoms with Gasteiger partial charge >= 0.3 is 5.97 Å². The molecule has 72 valence electrons. The Labute approximate surface area is 80.7 Å². The fourth-order valence-electron chi connectivity index (χ4n) is 0.954. The summed E-state index contributed by atoms with van der Waals surface area (Å²) in [7, 11) is 0. The molecule has 0 spiro atoms. The molecule has 0 aliphatic rings. The number of primary amides is 1. The molecule has 0 radical (unpaired) electrons. The van der Waals surface area contributed by atoms with E-state index < -0.39 is 11.9 Å². The number of benzene rings is 1. The quantitative estimate of drug-likeness (QED) is 0.696. The van der Waals surface area contributed by atoms with Crippen molar-refractivity contribution in [3.05, 3.63) is 41.5 Å². The third-order valence-electron chi connectivity index (χ3n) is 1.57. The molecular weight excluding hydrogens is 182 g/mol. The molecule has 0 saturated carbocycles. The van der Waals surface area contributed by atoms with Crippen molar-refractivity contribution in [3.63, 3.8) is 0 Å². The number of carbonyl (C=O) groups is 2. The van der Waals surface area contributed by atoms with Crippen molar-refractivity contribution in [3.8, 4) is 0 Å². The molecule has 0 saturated heterocycles. The first-order chi connectivity index (χ1) is 6.59. The number of carbonyl (C=O) groups excluding carboxylic acids is 1. The van der Waals surface area contributed by atoms with Crippen molar-refractivity contribution in [1.29, 1.82) is 0 Å². The lowest BCUT2D eigenvalue weighted by Crippen LogP contribution is -2.05. The molecule has 0 aliphatic carbocycles. The van der Waals surface area contributed by atoms with Gasteiger partial charge < -0.3 is 10.8 Å². The van der Waals surface area contributed by atoms with Crippen LogP contribution in [0, 0.1) is 0 Å². The van der Waals surface area contributed by atoms with Gasteiger partial charge in [-0.15, -0.1) is 0 Å². The maximum atomic E-state index is 10.6. The van der Waals surface area contributed by atoms with Crippen LogP contribution in [0.2, 0.25) is 0 Å². The van der Waals surface area contributed by atoms with Crippen LogP contribution in [0.25, 0.3) is 6.08 Å². The molecule has 0 atom stereocenters. The topological polar surface area (TPSA) is 80.4 Å². The van der Waals surface area contributed by atoms with Crippen LogP contribution in [-0.2, 0) is 4.79 Å². The first-order valence-corrected chi connectivity index (χ1v) is 3.90. The van der Waals surface area contributed by atoms with Crippen LogP contribution in [0.5, 0.6) is 0 Å². The molecule has 0 bridgehead atoms. The van der Waals surface area contributed by atoms with Gasteiger partial charge in [-0.2, -0.15) is 0 Å². The van der Waals surface area contributed by atoms with E-state index in [9.17, 15) is 9.59 Å². The van der Waals surface area contributed by atoms with Gasteiger partial charge in [0.2, 0.25) is 5.91 Å². The zero-order valence-electron chi connectivity index (χ0n) is 7.31. The van der Waals surface area contributed by atoms with Crippen molar-refractivity contribution >= 4 is 18.0 Å². The van der Waals surface area contributed by atoms with E-state index in [0.29, 0.717) is 5.56 Å². The lowest BCUT2D eigenvalue weighted by molar-refractivity contribution is -0.113. The Bertz CT molecular complexity index is 396. The summed E-state index contributed by atoms with van der Waals surface area (Å²) in [6.45, 7) is 0. The Hall–Kier alpha value is -2.10. The number of aromatic carboxylic acids is 1. The van der Waals surface area contributed by atoms with Crippen LogP contribution >= 0.6 is 0 Å². The monoisotopic (exact) mass is 191 g/mol. The molecule has 3 N–H and O–H groups in total. The number of nitrogens with two attached hydrogens (primary N) is 1. The van der Waals surface area contributed by atoms with Gasteiger partial charge in [-0.25, -0.2) is 4.79 Å². The predicted octanol–water partition coefficient (Wildman–Crippen LogP) is 0.883. The smallest absolute Gasteiger partial charge is 0.335 e. The van der Waals surface area contributed by atoms with Crippen LogP contribution in [0.1, 0.15) is 15.9 Å². The van der Waals surface area contributed by atoms with E-state index in [1.165, 1.54) is 24.3 Å². The first kappa shape index (κ1) is 9.98. The highest BCUT2D eigenvalue weighted by atomic mass is 16.4. The Morgan fingerprint density at radius 2 is 2.07 bits per heavy atom. The van der Waals surface area contributed by atoms with E-state index in [2.05, 4.69) is 0 Å². The Balaban J connectivity index is 2.94. The average Bonchev–Trinajstić information content (AvgIpc) is 2.15. The Kier molecular flexibility index (Phi) is 3.01. The predicted molar refractivity (Wildman–Crippen MR) is 51.6 cm³/mol. The summed E-state index contributed by atoms with van der Waals surface area (Å²) in [5, 5.41) is 8.67. The average molecular weight is 191 g/mol. The van der Waals surface area contributed by atoms with Gasteiger partial charge in [0.05, 0.1) is 5.56 Å². The molecule has 1 amide bonds. The first-order valence-electron chi connectivity index (χ1n) is 3.90. The van der Waals surface area contributed by atoms with Crippen LogP contribution in [0.3, 0.4) is 0 Å². The molecule has 4 nitrogen and oxygen atoms in total. The molecule has 14 heavy (non-hydrogen) atoms. The van der Waals surface area contributed by atoms with E-state index in [1.54, 1.807) is 12.1 Å². The van der Waals surface area contributed by atoms with Crippen LogP contribution in [0.15, 0.2) is 30.3 Å². The summed E-state index contributed by atoms with van der Waals surface area (Å²) >= 11 is 0. The molecule has 0 fully saturated rings. The summed E-state index contributed by atoms with van der Waals surface area (Å²) in [4.78, 5) is 21.0. The zero-order valence-corrected chi connectivity index (χ0v) is 7.31. The fraction of sp³-hybridized carbons (Fsp3) is 0. The minimum absolute atomic E-state index is 0.177. The summed E-state index contributed by atoms with van der Waals surface area (Å²) in [6.07, 6.45) is 2.65. The number of hydrogen-bond acceptors (Lipinski definition) is 2. The van der Waals surface area contributed by atoms with Crippen molar-refractivity contribution < 1.29 is 14.7 Å². The van der Waals surface area contributed by atoms with Crippen LogP contribution in [0.4, 0.5) is 0 Å². The van der Waals surface area contributed by atoms with Gasteiger partial charge in [0.25, 0.3) is 0 Å². The molecule has 0 aromatic heterocycles. The Morgan fingerprint density at radius 1 is 1.36 bits per heavy atom. The van der Waals surface area contributed by atoms with Gasteiger partial charge in [-0.05, 0) is 23.8 Å². The molecule has 0 heterocycles. The summed E-state index contributed by atoms with van der Waals surface area (Å²) in [6, 6.07) is 6.22. The molecule has 0 aliphatic heterocycles. The second-order valence-electron chi connectivity index (χ2n) is 2.67. The lowest BCUT2D eigenvalue weighted by atomic mass is 10.1. The summed E-state index contributed by atoms with van der Waals surface area (Å²) in [5.74, 6) is -1.56. The highest BCUT2D eigenvalue weighted by Crippen LogP contribution is 2.06. The number of carboxylic acids is 1. The van der Waals surface area contributed by atoms with E-state index >= 15 is 0 Å². The summed E-state index contributed by atoms with van der Waals surface area (Å²) < 4.78 is 0. The molecule has 1 aromatic rings. The molecular formula is C10H9NO3. The number of carboxylic acid groups (broad SMARTS) is 1. The van der Waals surface area contributed by atoms with Crippen molar-refractivity contribution in [2.24, 2.45) is 5.73 Å². The lowest BCUT2D eigenvalue weighted by Gasteiger charge is -1.95. The minimum Gasteiger partial charge on any atom is -0.478 e. The zero-order chi connectivity index (χ0) is 10.6. The van der Waals surface area contributed by atoms with Crippen LogP contribution < -0.4 is 5.73 Å². The van der Waals surface area contributed by atoms with Gasteiger partial charge in [0.1, 0.15) is 0 Å². The van der Waals surface area contributed by atoms with Crippen molar-refractivity contribution in [2.75, 3.05) is 0 Å². The van der Waals surface area contributed by atoms with Gasteiger partial charge in [-0.1, -0.05) is 12.1 Å². The molecule has 1 aromatic carbocycles. The van der Waals surface area contributed by atoms with Crippen LogP contribution in [-0.4, -0.2) is 17.0 Å². The number of amides is 1. The SMILES string of the molecule is NC(=O)/C=C\c1cccc(C(=O)O)c1. The third kappa shape index (κ3) is 2.75. The molecule has 1 rings (SSSR count). The molecule has 0 unspecified atom stereocenters. The number of hydrogen-bond donors (Lipinski definition) is 2. The van der Waals surface area contributed by atoms with Gasteiger partial charge in [0.15, 0.2) is 0 Å². The summed E-state index contributed by atoms with van der Waals surface area (Å²) in [5.41, 5.74) is 5.70. The van der Waals surface area contributed by atoms with E-state index in [1.807, 2.05) is 0 Å². The van der Waals surface area contributed by atoms with Gasteiger partial charge in [0, 0.05) is 6.08 Å². The van der Waals surface area contributed by atoms with E-state index in [0.717, 1.165) is 0 Å². The maximum absolute atomic E-state index is 10.6. The highest BCUT2D eigenvalue weighted by molar-refractivity contribution is 5.91. The van der Waals surface area contributed by atoms with Crippen molar-refractivity contribution in [1.82, 2.24) is 0 Å². The van der Waals surface area contributed by atoms with E-state index in [-0.39, 0.29) is 5.56 Å². The van der Waals surface area contributed by atoms with Gasteiger partial charge in [-0.3, -0.25) is 4.79 Å². The second-order valence-corrected chi connectivity index (χ2v) is 2.67. The number of rotatable bonds is 3. The largest absolute Gasteiger partial charge is 0.478 e. The van der Waals surface area contributed by atoms with E-state index in [4.69, 9.17) is 10.8 Å². The second kappa shape index (κ2) is 4.23. The molecule has 4 heteroatoms. The minimum atomic E-state index is -1.00. The fourth-order valence-corrected chi connectivity index (χ4v) is 0.954. The maximum Gasteiger partial charge on any atom is 0.335 e. The standard InChI is InChI=1S/C10H9NO3/c11-9(12)5-4-7-2-1-3-8(6-7)10(13)14/h1-6H,(H2,11,12)(H,13,14)/b5-4-. The third-order valence-corrected chi connectivity index (χ3v) is 1.57. The Morgan fingerprint density at radius 3 is 2.64 bits per heavy atom. The normalized spacial score (nSPS) is 10.3. The van der Waals surface area contributed by atoms with Crippen molar-refractivity contribution in [2.45, 2.75) is 0 Å².